The molecule has 1 aromatic rings. The van der Waals surface area contributed by atoms with Crippen LogP contribution in [0.4, 0.5) is 0 Å². The molecule has 2 rings (SSSR count). The zero-order valence-electron chi connectivity index (χ0n) is 15.1. The van der Waals surface area contributed by atoms with E-state index in [0.29, 0.717) is 32.5 Å². The summed E-state index contributed by atoms with van der Waals surface area (Å²) in [6, 6.07) is 3.11. The minimum absolute atomic E-state index is 0.0156. The Bertz CT molecular complexity index is 808. The number of amides is 1. The lowest BCUT2D eigenvalue weighted by atomic mass is 9.96. The van der Waals surface area contributed by atoms with E-state index in [0.717, 1.165) is 0 Å². The quantitative estimate of drug-likeness (QED) is 0.691. The van der Waals surface area contributed by atoms with Gasteiger partial charge >= 0.3 is 5.97 Å². The third-order valence-electron chi connectivity index (χ3n) is 4.31. The van der Waals surface area contributed by atoms with E-state index in [4.69, 9.17) is 27.9 Å². The van der Waals surface area contributed by atoms with E-state index in [1.54, 1.807) is 11.8 Å². The SMILES string of the molecule is CCOC(=O)C1CCN(C(=O)[C@H](C)NS(=O)(=O)c2cc(Cl)ccc2Cl)CC1. The van der Waals surface area contributed by atoms with E-state index in [-0.39, 0.29) is 32.7 Å². The van der Waals surface area contributed by atoms with Crippen molar-refractivity contribution in [2.75, 3.05) is 19.7 Å². The Morgan fingerprint density at radius 3 is 2.52 bits per heavy atom. The van der Waals surface area contributed by atoms with Crippen molar-refractivity contribution in [2.24, 2.45) is 5.92 Å². The number of ether oxygens (including phenoxy) is 1. The molecule has 1 fully saturated rings. The van der Waals surface area contributed by atoms with Crippen LogP contribution in [0.15, 0.2) is 23.1 Å². The van der Waals surface area contributed by atoms with E-state index in [1.165, 1.54) is 25.1 Å². The van der Waals surface area contributed by atoms with Gasteiger partial charge in [-0.3, -0.25) is 9.59 Å². The number of piperidine rings is 1. The summed E-state index contributed by atoms with van der Waals surface area (Å²) in [5, 5.41) is 0.238. The van der Waals surface area contributed by atoms with E-state index < -0.39 is 16.1 Å². The molecule has 1 N–H and O–H groups in total. The second-order valence-corrected chi connectivity index (χ2v) is 8.80. The molecule has 0 aromatic heterocycles. The first-order valence-corrected chi connectivity index (χ1v) is 10.8. The number of nitrogens with one attached hydrogen (secondary N) is 1. The fourth-order valence-electron chi connectivity index (χ4n) is 2.90. The van der Waals surface area contributed by atoms with Crippen LogP contribution in [-0.2, 0) is 24.3 Å². The molecule has 10 heteroatoms. The highest BCUT2D eigenvalue weighted by Crippen LogP contribution is 2.25. The number of carbonyl (C=O) groups excluding carboxylic acids is 2. The van der Waals surface area contributed by atoms with Crippen molar-refractivity contribution in [1.29, 1.82) is 0 Å². The highest BCUT2D eigenvalue weighted by atomic mass is 35.5. The summed E-state index contributed by atoms with van der Waals surface area (Å²) in [5.41, 5.74) is 0. The number of halogens is 2. The van der Waals surface area contributed by atoms with Crippen molar-refractivity contribution in [1.82, 2.24) is 9.62 Å². The van der Waals surface area contributed by atoms with Gasteiger partial charge in [0.25, 0.3) is 0 Å². The molecule has 0 saturated carbocycles. The second-order valence-electron chi connectivity index (χ2n) is 6.27. The molecular formula is C17H22Cl2N2O5S. The number of rotatable bonds is 6. The van der Waals surface area contributed by atoms with Gasteiger partial charge in [-0.25, -0.2) is 8.42 Å². The van der Waals surface area contributed by atoms with Crippen LogP contribution in [0.5, 0.6) is 0 Å². The summed E-state index contributed by atoms with van der Waals surface area (Å²) in [6.07, 6.45) is 0.980. The Hall–Kier alpha value is -1.35. The monoisotopic (exact) mass is 436 g/mol. The molecule has 1 atom stereocenters. The van der Waals surface area contributed by atoms with Gasteiger partial charge in [0.1, 0.15) is 4.90 Å². The molecule has 0 spiro atoms. The molecule has 1 aromatic carbocycles. The van der Waals surface area contributed by atoms with Crippen LogP contribution in [-0.4, -0.2) is 50.9 Å². The van der Waals surface area contributed by atoms with E-state index in [9.17, 15) is 18.0 Å². The normalized spacial score (nSPS) is 16.8. The van der Waals surface area contributed by atoms with Gasteiger partial charge in [0.2, 0.25) is 15.9 Å². The first kappa shape index (κ1) is 21.9. The van der Waals surface area contributed by atoms with Crippen LogP contribution in [0.2, 0.25) is 10.0 Å². The molecule has 1 amide bonds. The topological polar surface area (TPSA) is 92.8 Å². The first-order chi connectivity index (χ1) is 12.7. The molecule has 7 nitrogen and oxygen atoms in total. The maximum Gasteiger partial charge on any atom is 0.309 e. The Balaban J connectivity index is 2.00. The van der Waals surface area contributed by atoms with Crippen molar-refractivity contribution in [3.05, 3.63) is 28.2 Å². The number of carbonyl (C=O) groups is 2. The Kier molecular flexibility index (Phi) is 7.50. The minimum Gasteiger partial charge on any atom is -0.466 e. The summed E-state index contributed by atoms with van der Waals surface area (Å²) >= 11 is 11.8. The highest BCUT2D eigenvalue weighted by Gasteiger charge is 2.32. The van der Waals surface area contributed by atoms with Gasteiger partial charge in [0.05, 0.1) is 23.6 Å². The molecule has 27 heavy (non-hydrogen) atoms. The average molecular weight is 437 g/mol. The third kappa shape index (κ3) is 5.57. The molecule has 1 saturated heterocycles. The number of sulfonamides is 1. The lowest BCUT2D eigenvalue weighted by Crippen LogP contribution is -2.49. The average Bonchev–Trinajstić information content (AvgIpc) is 2.63. The molecule has 150 valence electrons. The zero-order valence-corrected chi connectivity index (χ0v) is 17.4. The van der Waals surface area contributed by atoms with Crippen LogP contribution in [0, 0.1) is 5.92 Å². The summed E-state index contributed by atoms with van der Waals surface area (Å²) in [4.78, 5) is 25.7. The Labute approximate surface area is 169 Å². The lowest BCUT2D eigenvalue weighted by molar-refractivity contribution is -0.151. The van der Waals surface area contributed by atoms with Gasteiger partial charge in [-0.1, -0.05) is 23.2 Å². The smallest absolute Gasteiger partial charge is 0.309 e. The zero-order chi connectivity index (χ0) is 20.2. The summed E-state index contributed by atoms with van der Waals surface area (Å²) < 4.78 is 32.4. The lowest BCUT2D eigenvalue weighted by Gasteiger charge is -2.32. The maximum absolute atomic E-state index is 12.6. The van der Waals surface area contributed by atoms with E-state index in [1.807, 2.05) is 0 Å². The Morgan fingerprint density at radius 1 is 1.30 bits per heavy atom. The van der Waals surface area contributed by atoms with Gasteiger partial charge in [-0.15, -0.1) is 0 Å². The number of esters is 1. The van der Waals surface area contributed by atoms with Crippen LogP contribution < -0.4 is 4.72 Å². The van der Waals surface area contributed by atoms with E-state index in [2.05, 4.69) is 4.72 Å². The predicted molar refractivity (Wildman–Crippen MR) is 102 cm³/mol. The Morgan fingerprint density at radius 2 is 1.93 bits per heavy atom. The van der Waals surface area contributed by atoms with Crippen molar-refractivity contribution >= 4 is 45.1 Å². The number of likely N-dealkylation sites (tertiary alicyclic amines) is 1. The fraction of sp³-hybridized carbons (Fsp3) is 0.529. The van der Waals surface area contributed by atoms with Crippen molar-refractivity contribution in [2.45, 2.75) is 37.6 Å². The predicted octanol–water partition coefficient (Wildman–Crippen LogP) is 2.46. The van der Waals surface area contributed by atoms with Crippen molar-refractivity contribution in [3.8, 4) is 0 Å². The molecule has 1 aliphatic heterocycles. The first-order valence-electron chi connectivity index (χ1n) is 8.58. The second kappa shape index (κ2) is 9.23. The number of benzene rings is 1. The molecule has 1 aliphatic rings. The van der Waals surface area contributed by atoms with Gasteiger partial charge in [-0.05, 0) is 44.9 Å². The van der Waals surface area contributed by atoms with Gasteiger partial charge in [0, 0.05) is 18.1 Å². The number of hydrogen-bond acceptors (Lipinski definition) is 5. The van der Waals surface area contributed by atoms with E-state index >= 15 is 0 Å². The largest absolute Gasteiger partial charge is 0.466 e. The molecule has 1 heterocycles. The molecule has 0 bridgehead atoms. The van der Waals surface area contributed by atoms with Gasteiger partial charge in [-0.2, -0.15) is 4.72 Å². The molecular weight excluding hydrogens is 415 g/mol. The molecule has 0 unspecified atom stereocenters. The van der Waals surface area contributed by atoms with Gasteiger partial charge in [0.15, 0.2) is 0 Å². The number of hydrogen-bond donors (Lipinski definition) is 1. The highest BCUT2D eigenvalue weighted by molar-refractivity contribution is 7.89. The van der Waals surface area contributed by atoms with Crippen LogP contribution in [0.1, 0.15) is 26.7 Å². The van der Waals surface area contributed by atoms with Crippen molar-refractivity contribution < 1.29 is 22.7 Å². The number of nitrogens with zero attached hydrogens (tertiary/aromatic N) is 1. The minimum atomic E-state index is -4.02. The molecule has 0 aliphatic carbocycles. The molecule has 0 radical (unpaired) electrons. The summed E-state index contributed by atoms with van der Waals surface area (Å²) in [6.45, 7) is 4.27. The maximum atomic E-state index is 12.6. The summed E-state index contributed by atoms with van der Waals surface area (Å²) in [5.74, 6) is -0.848. The fourth-order valence-corrected chi connectivity index (χ4v) is 4.86. The van der Waals surface area contributed by atoms with Crippen LogP contribution in [0.25, 0.3) is 0 Å². The summed E-state index contributed by atoms with van der Waals surface area (Å²) in [7, 11) is -4.02. The third-order valence-corrected chi connectivity index (χ3v) is 6.57. The standard InChI is InChI=1S/C17H22Cl2N2O5S/c1-3-26-17(23)12-6-8-21(9-7-12)16(22)11(2)20-27(24,25)15-10-13(18)4-5-14(15)19/h4-5,10-12,20H,3,6-9H2,1-2H3/t11-/m0/s1. The van der Waals surface area contributed by atoms with Gasteiger partial charge < -0.3 is 9.64 Å². The van der Waals surface area contributed by atoms with Crippen molar-refractivity contribution in [3.63, 3.8) is 0 Å². The van der Waals surface area contributed by atoms with Crippen LogP contribution >= 0.6 is 23.2 Å². The van der Waals surface area contributed by atoms with Crippen LogP contribution in [0.3, 0.4) is 0 Å².